The average Bonchev–Trinajstić information content (AvgIpc) is 2.47. The molecule has 0 saturated carbocycles. The SMILES string of the molecule is Cl/C=C/CN1CCN(CCOc2ccccc2)CC1. The van der Waals surface area contributed by atoms with Crippen molar-refractivity contribution in [2.24, 2.45) is 0 Å². The van der Waals surface area contributed by atoms with Crippen LogP contribution in [0.5, 0.6) is 5.75 Å². The van der Waals surface area contributed by atoms with E-state index in [1.807, 2.05) is 36.4 Å². The molecule has 0 atom stereocenters. The van der Waals surface area contributed by atoms with Crippen molar-refractivity contribution < 1.29 is 4.74 Å². The third kappa shape index (κ3) is 5.23. The Morgan fingerprint density at radius 1 is 1.05 bits per heavy atom. The van der Waals surface area contributed by atoms with Crippen molar-refractivity contribution in [1.82, 2.24) is 9.80 Å². The normalized spacial score (nSPS) is 17.9. The second-order valence-corrected chi connectivity index (χ2v) is 4.92. The van der Waals surface area contributed by atoms with Gasteiger partial charge in [-0.15, -0.1) is 0 Å². The third-order valence-electron chi connectivity index (χ3n) is 3.34. The van der Waals surface area contributed by atoms with Crippen molar-refractivity contribution in [3.05, 3.63) is 41.9 Å². The first kappa shape index (κ1) is 14.4. The molecule has 0 unspecified atom stereocenters. The molecule has 0 radical (unpaired) electrons. The van der Waals surface area contributed by atoms with Crippen molar-refractivity contribution in [2.45, 2.75) is 0 Å². The van der Waals surface area contributed by atoms with Gasteiger partial charge >= 0.3 is 0 Å². The zero-order chi connectivity index (χ0) is 13.3. The number of hydrogen-bond acceptors (Lipinski definition) is 3. The van der Waals surface area contributed by atoms with Gasteiger partial charge in [0.05, 0.1) is 0 Å². The van der Waals surface area contributed by atoms with E-state index in [1.54, 1.807) is 5.54 Å². The lowest BCUT2D eigenvalue weighted by molar-refractivity contribution is 0.125. The highest BCUT2D eigenvalue weighted by Crippen LogP contribution is 2.08. The summed E-state index contributed by atoms with van der Waals surface area (Å²) in [5.41, 5.74) is 1.60. The first-order chi connectivity index (χ1) is 9.38. The van der Waals surface area contributed by atoms with E-state index in [4.69, 9.17) is 16.3 Å². The summed E-state index contributed by atoms with van der Waals surface area (Å²) in [6, 6.07) is 9.99. The molecule has 19 heavy (non-hydrogen) atoms. The van der Waals surface area contributed by atoms with Crippen LogP contribution in [0.2, 0.25) is 0 Å². The van der Waals surface area contributed by atoms with Crippen LogP contribution in [0.3, 0.4) is 0 Å². The Kier molecular flexibility index (Phi) is 6.21. The van der Waals surface area contributed by atoms with Gasteiger partial charge in [-0.2, -0.15) is 0 Å². The van der Waals surface area contributed by atoms with E-state index in [0.29, 0.717) is 0 Å². The molecule has 104 valence electrons. The van der Waals surface area contributed by atoms with Crippen LogP contribution in [-0.4, -0.2) is 55.7 Å². The van der Waals surface area contributed by atoms with Gasteiger partial charge in [0.25, 0.3) is 0 Å². The average molecular weight is 281 g/mol. The van der Waals surface area contributed by atoms with Crippen molar-refractivity contribution in [1.29, 1.82) is 0 Å². The summed E-state index contributed by atoms with van der Waals surface area (Å²) in [6.07, 6.45) is 2.00. The predicted molar refractivity (Wildman–Crippen MR) is 79.8 cm³/mol. The Morgan fingerprint density at radius 2 is 1.74 bits per heavy atom. The molecule has 0 aliphatic carbocycles. The van der Waals surface area contributed by atoms with Crippen molar-refractivity contribution in [2.75, 3.05) is 45.9 Å². The first-order valence-corrected chi connectivity index (χ1v) is 7.20. The van der Waals surface area contributed by atoms with E-state index >= 15 is 0 Å². The molecule has 0 amide bonds. The van der Waals surface area contributed by atoms with Gasteiger partial charge in [-0.05, 0) is 12.1 Å². The Hall–Kier alpha value is -1.03. The number of nitrogens with zero attached hydrogens (tertiary/aromatic N) is 2. The molecule has 0 bridgehead atoms. The quantitative estimate of drug-likeness (QED) is 0.796. The molecule has 1 heterocycles. The monoisotopic (exact) mass is 280 g/mol. The highest BCUT2D eigenvalue weighted by Gasteiger charge is 2.15. The Balaban J connectivity index is 1.61. The third-order valence-corrected chi connectivity index (χ3v) is 3.52. The fourth-order valence-corrected chi connectivity index (χ4v) is 2.27. The molecule has 3 nitrogen and oxygen atoms in total. The van der Waals surface area contributed by atoms with E-state index < -0.39 is 0 Å². The number of piperazine rings is 1. The van der Waals surface area contributed by atoms with Gasteiger partial charge in [0.1, 0.15) is 12.4 Å². The van der Waals surface area contributed by atoms with Gasteiger partial charge in [0, 0.05) is 44.8 Å². The van der Waals surface area contributed by atoms with Crippen molar-refractivity contribution in [3.8, 4) is 5.75 Å². The maximum absolute atomic E-state index is 5.72. The van der Waals surface area contributed by atoms with Crippen LogP contribution in [0, 0.1) is 0 Å². The number of halogens is 1. The number of para-hydroxylation sites is 1. The summed E-state index contributed by atoms with van der Waals surface area (Å²) < 4.78 is 5.72. The highest BCUT2D eigenvalue weighted by atomic mass is 35.5. The van der Waals surface area contributed by atoms with Crippen LogP contribution in [0.4, 0.5) is 0 Å². The highest BCUT2D eigenvalue weighted by molar-refractivity contribution is 6.25. The Morgan fingerprint density at radius 3 is 2.42 bits per heavy atom. The molecule has 1 aliphatic rings. The summed E-state index contributed by atoms with van der Waals surface area (Å²) in [7, 11) is 0. The smallest absolute Gasteiger partial charge is 0.119 e. The summed E-state index contributed by atoms with van der Waals surface area (Å²) in [5.74, 6) is 0.952. The maximum atomic E-state index is 5.72. The molecule has 2 rings (SSSR count). The van der Waals surface area contributed by atoms with Gasteiger partial charge < -0.3 is 4.74 Å². The largest absolute Gasteiger partial charge is 0.492 e. The molecule has 1 aliphatic heterocycles. The van der Waals surface area contributed by atoms with E-state index in [9.17, 15) is 0 Å². The van der Waals surface area contributed by atoms with E-state index in [1.165, 1.54) is 0 Å². The maximum Gasteiger partial charge on any atom is 0.119 e. The molecular formula is C15H21ClN2O. The number of benzene rings is 1. The minimum absolute atomic E-state index is 0.756. The number of rotatable bonds is 6. The lowest BCUT2D eigenvalue weighted by atomic mass is 10.3. The topological polar surface area (TPSA) is 15.7 Å². The fourth-order valence-electron chi connectivity index (χ4n) is 2.19. The van der Waals surface area contributed by atoms with Crippen molar-refractivity contribution >= 4 is 11.6 Å². The van der Waals surface area contributed by atoms with Gasteiger partial charge in [-0.25, -0.2) is 0 Å². The second-order valence-electron chi connectivity index (χ2n) is 4.67. The Bertz CT molecular complexity index is 375. The van der Waals surface area contributed by atoms with Crippen LogP contribution in [-0.2, 0) is 0 Å². The van der Waals surface area contributed by atoms with Crippen LogP contribution >= 0.6 is 11.6 Å². The van der Waals surface area contributed by atoms with Crippen LogP contribution in [0.25, 0.3) is 0 Å². The minimum Gasteiger partial charge on any atom is -0.492 e. The fraction of sp³-hybridized carbons (Fsp3) is 0.467. The Labute approximate surface area is 120 Å². The minimum atomic E-state index is 0.756. The molecule has 0 N–H and O–H groups in total. The molecule has 1 aromatic carbocycles. The second kappa shape index (κ2) is 8.20. The first-order valence-electron chi connectivity index (χ1n) is 6.76. The van der Waals surface area contributed by atoms with Gasteiger partial charge in [-0.1, -0.05) is 35.9 Å². The van der Waals surface area contributed by atoms with E-state index in [0.717, 1.165) is 51.6 Å². The molecule has 1 fully saturated rings. The molecule has 1 aromatic rings. The van der Waals surface area contributed by atoms with Crippen LogP contribution in [0.1, 0.15) is 0 Å². The zero-order valence-corrected chi connectivity index (χ0v) is 11.9. The van der Waals surface area contributed by atoms with Crippen molar-refractivity contribution in [3.63, 3.8) is 0 Å². The van der Waals surface area contributed by atoms with E-state index in [2.05, 4.69) is 9.80 Å². The summed E-state index contributed by atoms with van der Waals surface area (Å²) >= 11 is 5.54. The van der Waals surface area contributed by atoms with E-state index in [-0.39, 0.29) is 0 Å². The summed E-state index contributed by atoms with van der Waals surface area (Å²) in [6.45, 7) is 7.12. The van der Waals surface area contributed by atoms with Crippen LogP contribution < -0.4 is 4.74 Å². The lowest BCUT2D eigenvalue weighted by Crippen LogP contribution is -2.47. The summed E-state index contributed by atoms with van der Waals surface area (Å²) in [4.78, 5) is 4.86. The zero-order valence-electron chi connectivity index (χ0n) is 11.2. The molecular weight excluding hydrogens is 260 g/mol. The standard InChI is InChI=1S/C15H21ClN2O/c16-7-4-8-17-9-11-18(12-10-17)13-14-19-15-5-2-1-3-6-15/h1-7H,8-14H2/b7-4+. The predicted octanol–water partition coefficient (Wildman–Crippen LogP) is 2.44. The number of hydrogen-bond donors (Lipinski definition) is 0. The summed E-state index contributed by atoms with van der Waals surface area (Å²) in [5, 5.41) is 0. The number of ether oxygens (including phenoxy) is 1. The van der Waals surface area contributed by atoms with Gasteiger partial charge in [0.2, 0.25) is 0 Å². The molecule has 4 heteroatoms. The lowest BCUT2D eigenvalue weighted by Gasteiger charge is -2.33. The van der Waals surface area contributed by atoms with Crippen LogP contribution in [0.15, 0.2) is 41.9 Å². The van der Waals surface area contributed by atoms with Gasteiger partial charge in [0.15, 0.2) is 0 Å². The van der Waals surface area contributed by atoms with Gasteiger partial charge in [-0.3, -0.25) is 9.80 Å². The molecule has 1 saturated heterocycles. The molecule has 0 spiro atoms. The molecule has 0 aromatic heterocycles.